The highest BCUT2D eigenvalue weighted by Crippen LogP contribution is 2.18. The lowest BCUT2D eigenvalue weighted by Crippen LogP contribution is -1.75. The highest BCUT2D eigenvalue weighted by Gasteiger charge is 1.96. The molecule has 0 saturated carbocycles. The summed E-state index contributed by atoms with van der Waals surface area (Å²) in [5.41, 5.74) is 0. The monoisotopic (exact) mass is 138 g/mol. The van der Waals surface area contributed by atoms with Gasteiger partial charge in [-0.2, -0.15) is 5.26 Å². The first-order chi connectivity index (χ1) is 4.36. The number of hydrogen-bond donors (Lipinski definition) is 0. The number of methoxy groups -OCH3 is 1. The zero-order valence-electron chi connectivity index (χ0n) is 4.84. The predicted octanol–water partition coefficient (Wildman–Crippen LogP) is 1.43. The Balaban J connectivity index is 2.90. The molecule has 0 aliphatic carbocycles. The van der Waals surface area contributed by atoms with E-state index in [9.17, 15) is 0 Å². The lowest BCUT2D eigenvalue weighted by Gasteiger charge is -1.86. The summed E-state index contributed by atoms with van der Waals surface area (Å²) in [5, 5.41) is 11.1. The van der Waals surface area contributed by atoms with Gasteiger partial charge in [-0.05, 0) is 0 Å². The van der Waals surface area contributed by atoms with Crippen LogP contribution in [-0.2, 0) is 0 Å². The molecule has 1 aromatic rings. The Bertz CT molecular complexity index is 235. The molecule has 1 rings (SSSR count). The fourth-order valence-electron chi connectivity index (χ4n) is 0.439. The van der Waals surface area contributed by atoms with Crippen molar-refractivity contribution in [2.75, 3.05) is 7.11 Å². The van der Waals surface area contributed by atoms with E-state index in [0.29, 0.717) is 10.6 Å². The molecule has 9 heavy (non-hydrogen) atoms. The van der Waals surface area contributed by atoms with Crippen molar-refractivity contribution in [3.63, 3.8) is 0 Å². The van der Waals surface area contributed by atoms with Crippen molar-refractivity contribution in [3.05, 3.63) is 16.3 Å². The maximum absolute atomic E-state index is 8.33. The van der Waals surface area contributed by atoms with Gasteiger partial charge in [-0.25, -0.2) is 0 Å². The quantitative estimate of drug-likeness (QED) is 0.588. The molecule has 0 unspecified atom stereocenters. The van der Waals surface area contributed by atoms with E-state index in [1.54, 1.807) is 13.2 Å². The van der Waals surface area contributed by atoms with Crippen LogP contribution >= 0.6 is 11.3 Å². The molecule has 0 saturated heterocycles. The van der Waals surface area contributed by atoms with E-state index in [0.717, 1.165) is 0 Å². The van der Waals surface area contributed by atoms with Crippen LogP contribution in [0, 0.1) is 16.7 Å². The third kappa shape index (κ3) is 1.21. The van der Waals surface area contributed by atoms with Crippen LogP contribution in [0.5, 0.6) is 5.75 Å². The van der Waals surface area contributed by atoms with E-state index in [1.165, 1.54) is 11.3 Å². The Labute approximate surface area is 57.3 Å². The zero-order valence-corrected chi connectivity index (χ0v) is 5.66. The van der Waals surface area contributed by atoms with E-state index >= 15 is 0 Å². The highest BCUT2D eigenvalue weighted by molar-refractivity contribution is 7.10. The fraction of sp³-hybridized carbons (Fsp3) is 0.167. The zero-order chi connectivity index (χ0) is 6.69. The number of nitriles is 1. The minimum atomic E-state index is 0.631. The first kappa shape index (κ1) is 6.12. The van der Waals surface area contributed by atoms with Crippen LogP contribution in [0.1, 0.15) is 4.88 Å². The molecule has 0 atom stereocenters. The van der Waals surface area contributed by atoms with Crippen molar-refractivity contribution >= 4 is 11.3 Å². The SMILES string of the molecule is COc1[c]sc(C#N)c1. The average Bonchev–Trinajstić information content (AvgIpc) is 2.34. The first-order valence-corrected chi connectivity index (χ1v) is 3.14. The second-order valence-electron chi connectivity index (χ2n) is 1.39. The van der Waals surface area contributed by atoms with Gasteiger partial charge >= 0.3 is 0 Å². The highest BCUT2D eigenvalue weighted by atomic mass is 32.1. The second kappa shape index (κ2) is 2.51. The van der Waals surface area contributed by atoms with E-state index < -0.39 is 0 Å². The summed E-state index contributed by atoms with van der Waals surface area (Å²) < 4.78 is 4.80. The molecule has 0 bridgehead atoms. The minimum absolute atomic E-state index is 0.631. The second-order valence-corrected chi connectivity index (χ2v) is 2.24. The molecule has 1 heterocycles. The van der Waals surface area contributed by atoms with Crippen LogP contribution in [0.25, 0.3) is 0 Å². The topological polar surface area (TPSA) is 33.0 Å². The van der Waals surface area contributed by atoms with Crippen LogP contribution in [0.2, 0.25) is 0 Å². The van der Waals surface area contributed by atoms with Crippen molar-refractivity contribution in [2.24, 2.45) is 0 Å². The molecule has 1 radical (unpaired) electrons. The van der Waals surface area contributed by atoms with Crippen LogP contribution in [0.4, 0.5) is 0 Å². The number of thiophene rings is 1. The van der Waals surface area contributed by atoms with Crippen LogP contribution in [0.15, 0.2) is 6.07 Å². The van der Waals surface area contributed by atoms with Crippen molar-refractivity contribution in [1.82, 2.24) is 0 Å². The summed E-state index contributed by atoms with van der Waals surface area (Å²) in [7, 11) is 1.56. The largest absolute Gasteiger partial charge is 0.495 e. The summed E-state index contributed by atoms with van der Waals surface area (Å²) in [6.07, 6.45) is 0. The fourth-order valence-corrected chi connectivity index (χ4v) is 1.00. The Kier molecular flexibility index (Phi) is 1.71. The van der Waals surface area contributed by atoms with Gasteiger partial charge in [-0.1, -0.05) is 0 Å². The van der Waals surface area contributed by atoms with Gasteiger partial charge in [-0.15, -0.1) is 11.3 Å². The maximum atomic E-state index is 8.33. The predicted molar refractivity (Wildman–Crippen MR) is 34.4 cm³/mol. The van der Waals surface area contributed by atoms with Gasteiger partial charge in [0.15, 0.2) is 0 Å². The van der Waals surface area contributed by atoms with Gasteiger partial charge in [0.2, 0.25) is 0 Å². The molecule has 0 N–H and O–H groups in total. The molecule has 2 nitrogen and oxygen atoms in total. The van der Waals surface area contributed by atoms with Crippen molar-refractivity contribution in [3.8, 4) is 11.8 Å². The molecule has 0 aliphatic heterocycles. The lowest BCUT2D eigenvalue weighted by molar-refractivity contribution is 0.416. The summed E-state index contributed by atoms with van der Waals surface area (Å²) in [5.74, 6) is 0.636. The molecule has 3 heteroatoms. The summed E-state index contributed by atoms with van der Waals surface area (Å²) >= 11 is 1.26. The Hall–Kier alpha value is -1.01. The number of hydrogen-bond acceptors (Lipinski definition) is 3. The van der Waals surface area contributed by atoms with E-state index in [4.69, 9.17) is 10.00 Å². The molecule has 0 aromatic carbocycles. The van der Waals surface area contributed by atoms with Crippen molar-refractivity contribution in [1.29, 1.82) is 5.26 Å². The molecule has 45 valence electrons. The third-order valence-electron chi connectivity index (χ3n) is 0.854. The normalized spacial score (nSPS) is 8.44. The molecular weight excluding hydrogens is 134 g/mol. The van der Waals surface area contributed by atoms with Crippen LogP contribution in [0.3, 0.4) is 0 Å². The lowest BCUT2D eigenvalue weighted by atomic mass is 10.5. The third-order valence-corrected chi connectivity index (χ3v) is 1.59. The Morgan fingerprint density at radius 2 is 2.67 bits per heavy atom. The Morgan fingerprint density at radius 1 is 1.89 bits per heavy atom. The molecule has 0 aliphatic rings. The molecule has 0 spiro atoms. The van der Waals surface area contributed by atoms with Gasteiger partial charge in [0.25, 0.3) is 0 Å². The number of ether oxygens (including phenoxy) is 1. The number of rotatable bonds is 1. The maximum Gasteiger partial charge on any atom is 0.139 e. The van der Waals surface area contributed by atoms with Crippen LogP contribution in [-0.4, -0.2) is 7.11 Å². The van der Waals surface area contributed by atoms with E-state index in [-0.39, 0.29) is 0 Å². The minimum Gasteiger partial charge on any atom is -0.495 e. The molecule has 1 aromatic heterocycles. The van der Waals surface area contributed by atoms with Gasteiger partial charge in [0.05, 0.1) is 12.5 Å². The first-order valence-electron chi connectivity index (χ1n) is 2.32. The summed E-state index contributed by atoms with van der Waals surface area (Å²) in [6.45, 7) is 0. The molecule has 0 amide bonds. The number of nitrogens with zero attached hydrogens (tertiary/aromatic N) is 1. The van der Waals surface area contributed by atoms with E-state index in [1.807, 2.05) is 6.07 Å². The standard InChI is InChI=1S/C6H4NOS/c1-8-5-2-6(3-7)9-4-5/h2H,1H3. The summed E-state index contributed by atoms with van der Waals surface area (Å²) in [6, 6.07) is 3.65. The van der Waals surface area contributed by atoms with Gasteiger partial charge in [0, 0.05) is 6.07 Å². The van der Waals surface area contributed by atoms with Gasteiger partial charge in [0.1, 0.15) is 16.7 Å². The van der Waals surface area contributed by atoms with Crippen LogP contribution < -0.4 is 4.74 Å². The van der Waals surface area contributed by atoms with Crippen molar-refractivity contribution in [2.45, 2.75) is 0 Å². The van der Waals surface area contributed by atoms with Gasteiger partial charge < -0.3 is 4.74 Å². The molecule has 0 fully saturated rings. The Morgan fingerprint density at radius 3 is 3.00 bits per heavy atom. The van der Waals surface area contributed by atoms with Crippen molar-refractivity contribution < 1.29 is 4.74 Å². The van der Waals surface area contributed by atoms with E-state index in [2.05, 4.69) is 5.38 Å². The summed E-state index contributed by atoms with van der Waals surface area (Å²) in [4.78, 5) is 0.631. The average molecular weight is 138 g/mol. The van der Waals surface area contributed by atoms with Gasteiger partial charge in [-0.3, -0.25) is 0 Å². The molecular formula is C6H4NOS. The smallest absolute Gasteiger partial charge is 0.139 e.